The molecule has 0 saturated carbocycles. The number of hydrogen-bond acceptors (Lipinski definition) is 4. The fourth-order valence-electron chi connectivity index (χ4n) is 2.67. The minimum Gasteiger partial charge on any atom is -0.492 e. The van der Waals surface area contributed by atoms with Gasteiger partial charge in [0.05, 0.1) is 24.2 Å². The maximum Gasteiger partial charge on any atom is 0.245 e. The number of anilines is 2. The number of para-hydroxylation sites is 2. The topological polar surface area (TPSA) is 75.7 Å². The van der Waals surface area contributed by atoms with Gasteiger partial charge in [0.25, 0.3) is 0 Å². The second-order valence-corrected chi connectivity index (χ2v) is 8.00. The third-order valence-electron chi connectivity index (χ3n) is 3.64. The molecule has 0 unspecified atom stereocenters. The fourth-order valence-corrected chi connectivity index (χ4v) is 3.51. The number of benzene rings is 2. The van der Waals surface area contributed by atoms with E-state index in [0.717, 1.165) is 21.7 Å². The fraction of sp³-hybridized carbons (Fsp3) is 0.316. The molecule has 1 amide bonds. The van der Waals surface area contributed by atoms with E-state index in [0.29, 0.717) is 23.7 Å². The van der Waals surface area contributed by atoms with Crippen molar-refractivity contribution in [3.8, 4) is 5.75 Å². The Bertz CT molecular complexity index is 874. The molecule has 0 bridgehead atoms. The lowest BCUT2D eigenvalue weighted by Gasteiger charge is -2.23. The van der Waals surface area contributed by atoms with Gasteiger partial charge in [-0.2, -0.15) is 0 Å². The molecule has 0 aliphatic rings. The molecule has 0 spiro atoms. The largest absolute Gasteiger partial charge is 0.492 e. The van der Waals surface area contributed by atoms with E-state index in [1.165, 1.54) is 0 Å². The van der Waals surface area contributed by atoms with Gasteiger partial charge in [0.2, 0.25) is 15.9 Å². The number of carbonyl (C=O) groups is 1. The number of nitrogens with zero attached hydrogens (tertiary/aromatic N) is 1. The summed E-state index contributed by atoms with van der Waals surface area (Å²) < 4.78 is 31.0. The van der Waals surface area contributed by atoms with E-state index in [1.807, 2.05) is 26.8 Å². The van der Waals surface area contributed by atoms with Gasteiger partial charge in [-0.15, -0.1) is 0 Å². The third-order valence-corrected chi connectivity index (χ3v) is 4.78. The number of carbonyl (C=O) groups excluding carboxylic acids is 1. The second kappa shape index (κ2) is 8.23. The SMILES string of the molecule is CCOc1ccccc1NC(=O)CN(c1cc(C)cc(C)c1)S(C)(=O)=O. The highest BCUT2D eigenvalue weighted by Gasteiger charge is 2.22. The van der Waals surface area contributed by atoms with Crippen LogP contribution in [0.1, 0.15) is 18.1 Å². The quantitative estimate of drug-likeness (QED) is 0.806. The molecule has 6 nitrogen and oxygen atoms in total. The Morgan fingerprint density at radius 1 is 1.12 bits per heavy atom. The van der Waals surface area contributed by atoms with Crippen molar-refractivity contribution < 1.29 is 17.9 Å². The lowest BCUT2D eigenvalue weighted by molar-refractivity contribution is -0.114. The first-order chi connectivity index (χ1) is 12.2. The molecule has 7 heteroatoms. The normalized spacial score (nSPS) is 11.1. The molecule has 0 fully saturated rings. The van der Waals surface area contributed by atoms with E-state index in [1.54, 1.807) is 36.4 Å². The van der Waals surface area contributed by atoms with E-state index in [9.17, 15) is 13.2 Å². The average molecular weight is 376 g/mol. The van der Waals surface area contributed by atoms with Gasteiger partial charge in [-0.25, -0.2) is 8.42 Å². The van der Waals surface area contributed by atoms with Crippen molar-refractivity contribution in [2.24, 2.45) is 0 Å². The van der Waals surface area contributed by atoms with Gasteiger partial charge >= 0.3 is 0 Å². The molecule has 140 valence electrons. The maximum atomic E-state index is 12.5. The van der Waals surface area contributed by atoms with Crippen molar-refractivity contribution in [1.82, 2.24) is 0 Å². The van der Waals surface area contributed by atoms with Gasteiger partial charge in [-0.3, -0.25) is 9.10 Å². The summed E-state index contributed by atoms with van der Waals surface area (Å²) in [5.74, 6) is 0.0994. The Labute approximate surface area is 154 Å². The maximum absolute atomic E-state index is 12.5. The summed E-state index contributed by atoms with van der Waals surface area (Å²) in [7, 11) is -3.62. The number of rotatable bonds is 7. The summed E-state index contributed by atoms with van der Waals surface area (Å²) in [5, 5.41) is 2.73. The number of sulfonamides is 1. The Balaban J connectivity index is 2.26. The van der Waals surface area contributed by atoms with Crippen LogP contribution in [-0.2, 0) is 14.8 Å². The summed E-state index contributed by atoms with van der Waals surface area (Å²) in [6.45, 7) is 5.77. The molecule has 2 rings (SSSR count). The van der Waals surface area contributed by atoms with Crippen LogP contribution in [0, 0.1) is 13.8 Å². The molecule has 0 saturated heterocycles. The monoisotopic (exact) mass is 376 g/mol. The zero-order valence-corrected chi connectivity index (χ0v) is 16.3. The lowest BCUT2D eigenvalue weighted by atomic mass is 10.1. The van der Waals surface area contributed by atoms with Crippen LogP contribution in [0.5, 0.6) is 5.75 Å². The summed E-state index contributed by atoms with van der Waals surface area (Å²) >= 11 is 0. The summed E-state index contributed by atoms with van der Waals surface area (Å²) in [5.41, 5.74) is 2.83. The predicted octanol–water partition coefficient (Wildman–Crippen LogP) is 3.11. The van der Waals surface area contributed by atoms with Crippen LogP contribution in [0.15, 0.2) is 42.5 Å². The van der Waals surface area contributed by atoms with Crippen molar-refractivity contribution in [2.75, 3.05) is 29.0 Å². The first-order valence-electron chi connectivity index (χ1n) is 8.28. The highest BCUT2D eigenvalue weighted by molar-refractivity contribution is 7.92. The van der Waals surface area contributed by atoms with E-state index in [-0.39, 0.29) is 6.54 Å². The van der Waals surface area contributed by atoms with Gasteiger partial charge in [0.1, 0.15) is 12.3 Å². The highest BCUT2D eigenvalue weighted by atomic mass is 32.2. The molecule has 1 N–H and O–H groups in total. The van der Waals surface area contributed by atoms with E-state index in [4.69, 9.17) is 4.74 Å². The minimum absolute atomic E-state index is 0.317. The van der Waals surface area contributed by atoms with E-state index in [2.05, 4.69) is 5.32 Å². The smallest absolute Gasteiger partial charge is 0.245 e. The first kappa shape index (κ1) is 19.8. The van der Waals surface area contributed by atoms with E-state index < -0.39 is 15.9 Å². The second-order valence-electron chi connectivity index (χ2n) is 6.09. The van der Waals surface area contributed by atoms with Crippen molar-refractivity contribution in [2.45, 2.75) is 20.8 Å². The van der Waals surface area contributed by atoms with Gasteiger partial charge in [0.15, 0.2) is 0 Å². The zero-order valence-electron chi connectivity index (χ0n) is 15.4. The van der Waals surface area contributed by atoms with Crippen LogP contribution < -0.4 is 14.4 Å². The zero-order chi connectivity index (χ0) is 19.3. The van der Waals surface area contributed by atoms with Crippen molar-refractivity contribution in [3.05, 3.63) is 53.6 Å². The molecular formula is C19H24N2O4S. The molecule has 2 aromatic rings. The number of ether oxygens (including phenoxy) is 1. The predicted molar refractivity (Wildman–Crippen MR) is 104 cm³/mol. The number of amides is 1. The molecule has 0 aromatic heterocycles. The summed E-state index contributed by atoms with van der Waals surface area (Å²) in [4.78, 5) is 12.5. The Hall–Kier alpha value is -2.54. The Kier molecular flexibility index (Phi) is 6.26. The van der Waals surface area contributed by atoms with Crippen molar-refractivity contribution >= 4 is 27.3 Å². The van der Waals surface area contributed by atoms with Crippen LogP contribution in [0.3, 0.4) is 0 Å². The van der Waals surface area contributed by atoms with Gasteiger partial charge in [-0.05, 0) is 56.2 Å². The summed E-state index contributed by atoms with van der Waals surface area (Å²) in [6.07, 6.45) is 1.09. The van der Waals surface area contributed by atoms with Gasteiger partial charge < -0.3 is 10.1 Å². The number of aryl methyl sites for hydroxylation is 2. The Morgan fingerprint density at radius 2 is 1.73 bits per heavy atom. The van der Waals surface area contributed by atoms with Crippen LogP contribution in [0.25, 0.3) is 0 Å². The summed E-state index contributed by atoms with van der Waals surface area (Å²) in [6, 6.07) is 12.5. The van der Waals surface area contributed by atoms with Crippen LogP contribution in [0.4, 0.5) is 11.4 Å². The van der Waals surface area contributed by atoms with Gasteiger partial charge in [0, 0.05) is 0 Å². The molecule has 26 heavy (non-hydrogen) atoms. The molecule has 0 atom stereocenters. The molecule has 0 aliphatic carbocycles. The molecular weight excluding hydrogens is 352 g/mol. The molecule has 0 radical (unpaired) electrons. The van der Waals surface area contributed by atoms with Crippen molar-refractivity contribution in [1.29, 1.82) is 0 Å². The number of hydrogen-bond donors (Lipinski definition) is 1. The minimum atomic E-state index is -3.62. The standard InChI is InChI=1S/C19H24N2O4S/c1-5-25-18-9-7-6-8-17(18)20-19(22)13-21(26(4,23)24)16-11-14(2)10-15(3)12-16/h6-12H,5,13H2,1-4H3,(H,20,22). The molecule has 2 aromatic carbocycles. The van der Waals surface area contributed by atoms with Gasteiger partial charge in [-0.1, -0.05) is 18.2 Å². The van der Waals surface area contributed by atoms with Crippen LogP contribution >= 0.6 is 0 Å². The third kappa shape index (κ3) is 5.23. The average Bonchev–Trinajstić information content (AvgIpc) is 2.52. The Morgan fingerprint density at radius 3 is 2.31 bits per heavy atom. The van der Waals surface area contributed by atoms with E-state index >= 15 is 0 Å². The lowest BCUT2D eigenvalue weighted by Crippen LogP contribution is -2.37. The molecule has 0 heterocycles. The van der Waals surface area contributed by atoms with Crippen LogP contribution in [-0.4, -0.2) is 33.7 Å². The number of nitrogens with one attached hydrogen (secondary N) is 1. The first-order valence-corrected chi connectivity index (χ1v) is 10.1. The highest BCUT2D eigenvalue weighted by Crippen LogP contribution is 2.25. The molecule has 0 aliphatic heterocycles. The van der Waals surface area contributed by atoms with Crippen LogP contribution in [0.2, 0.25) is 0 Å². The van der Waals surface area contributed by atoms with Crippen molar-refractivity contribution in [3.63, 3.8) is 0 Å².